The first-order chi connectivity index (χ1) is 5.29. The van der Waals surface area contributed by atoms with Crippen LogP contribution in [0.25, 0.3) is 0 Å². The number of hydrogen-bond acceptors (Lipinski definition) is 3. The van der Waals surface area contributed by atoms with Gasteiger partial charge < -0.3 is 14.6 Å². The van der Waals surface area contributed by atoms with Crippen LogP contribution in [0, 0.1) is 0 Å². The Bertz CT molecular complexity index is 269. The Kier molecular flexibility index (Phi) is 1.42. The maximum atomic E-state index is 9.23. The summed E-state index contributed by atoms with van der Waals surface area (Å²) in [7, 11) is 0. The summed E-state index contributed by atoms with van der Waals surface area (Å²) < 4.78 is 10.9. The van der Waals surface area contributed by atoms with Gasteiger partial charge in [-0.15, -0.1) is 0 Å². The summed E-state index contributed by atoms with van der Waals surface area (Å²) in [6, 6.07) is 3.26. The zero-order chi connectivity index (χ0) is 7.84. The molecule has 2 rings (SSSR count). The fourth-order valence-corrected chi connectivity index (χ4v) is 1.38. The molecule has 1 aliphatic heterocycles. The minimum absolute atomic E-state index is 0.112. The van der Waals surface area contributed by atoms with Gasteiger partial charge in [0.2, 0.25) is 12.5 Å². The van der Waals surface area contributed by atoms with Gasteiger partial charge >= 0.3 is 0 Å². The van der Waals surface area contributed by atoms with Crippen molar-refractivity contribution in [3.05, 3.63) is 16.6 Å². The van der Waals surface area contributed by atoms with Crippen LogP contribution in [-0.4, -0.2) is 11.9 Å². The number of halogens is 1. The van der Waals surface area contributed by atoms with Gasteiger partial charge in [0.15, 0.2) is 11.5 Å². The summed E-state index contributed by atoms with van der Waals surface area (Å²) in [4.78, 5) is 0. The summed E-state index contributed by atoms with van der Waals surface area (Å²) in [5.41, 5.74) is 0. The van der Waals surface area contributed by atoms with Crippen molar-refractivity contribution in [1.29, 1.82) is 0 Å². The monoisotopic (exact) mass is 216 g/mol. The fraction of sp³-hybridized carbons (Fsp3) is 0.143. The number of ether oxygens (including phenoxy) is 2. The third-order valence-electron chi connectivity index (χ3n) is 1.45. The Labute approximate surface area is 71.7 Å². The fourth-order valence-electron chi connectivity index (χ4n) is 0.950. The average Bonchev–Trinajstić information content (AvgIpc) is 2.45. The van der Waals surface area contributed by atoms with Crippen LogP contribution in [0.2, 0.25) is 0 Å². The van der Waals surface area contributed by atoms with Gasteiger partial charge in [-0.25, -0.2) is 0 Å². The number of aromatic hydroxyl groups is 1. The normalized spacial score (nSPS) is 13.5. The van der Waals surface area contributed by atoms with Gasteiger partial charge in [-0.1, -0.05) is 0 Å². The molecule has 0 spiro atoms. The summed E-state index contributed by atoms with van der Waals surface area (Å²) in [5, 5.41) is 9.23. The van der Waals surface area contributed by atoms with E-state index in [4.69, 9.17) is 9.47 Å². The quantitative estimate of drug-likeness (QED) is 0.720. The van der Waals surface area contributed by atoms with Crippen molar-refractivity contribution in [3.8, 4) is 17.2 Å². The maximum absolute atomic E-state index is 9.23. The first kappa shape index (κ1) is 6.79. The first-order valence-electron chi connectivity index (χ1n) is 3.06. The molecule has 4 heteroatoms. The summed E-state index contributed by atoms with van der Waals surface area (Å²) in [5.74, 6) is 1.10. The van der Waals surface area contributed by atoms with Gasteiger partial charge in [0.05, 0.1) is 4.47 Å². The Morgan fingerprint density at radius 1 is 1.27 bits per heavy atom. The first-order valence-corrected chi connectivity index (χ1v) is 3.85. The van der Waals surface area contributed by atoms with Crippen LogP contribution in [0.15, 0.2) is 16.6 Å². The largest absolute Gasteiger partial charge is 0.504 e. The molecule has 0 aromatic heterocycles. The minimum Gasteiger partial charge on any atom is -0.504 e. The SMILES string of the molecule is Oc1ccc(Br)c2c1OCO2. The lowest BCUT2D eigenvalue weighted by molar-refractivity contribution is 0.171. The van der Waals surface area contributed by atoms with E-state index in [0.29, 0.717) is 11.5 Å². The molecule has 0 amide bonds. The van der Waals surface area contributed by atoms with E-state index in [1.165, 1.54) is 0 Å². The highest BCUT2D eigenvalue weighted by Gasteiger charge is 2.20. The molecule has 1 aliphatic rings. The van der Waals surface area contributed by atoms with Gasteiger partial charge in [0, 0.05) is 0 Å². The number of fused-ring (bicyclic) bond motifs is 1. The minimum atomic E-state index is 0.112. The van der Waals surface area contributed by atoms with E-state index >= 15 is 0 Å². The summed E-state index contributed by atoms with van der Waals surface area (Å²) in [6.07, 6.45) is 0. The van der Waals surface area contributed by atoms with Gasteiger partial charge in [-0.2, -0.15) is 0 Å². The topological polar surface area (TPSA) is 38.7 Å². The summed E-state index contributed by atoms with van der Waals surface area (Å²) in [6.45, 7) is 0.172. The lowest BCUT2D eigenvalue weighted by atomic mass is 10.3. The number of phenols is 1. The molecule has 3 nitrogen and oxygen atoms in total. The van der Waals surface area contributed by atoms with E-state index in [0.717, 1.165) is 4.47 Å². The Balaban J connectivity index is 2.64. The molecule has 0 bridgehead atoms. The molecular weight excluding hydrogens is 212 g/mol. The highest BCUT2D eigenvalue weighted by Crippen LogP contribution is 2.44. The zero-order valence-corrected chi connectivity index (χ0v) is 7.09. The van der Waals surface area contributed by atoms with Crippen molar-refractivity contribution in [3.63, 3.8) is 0 Å². The van der Waals surface area contributed by atoms with Gasteiger partial charge in [0.25, 0.3) is 0 Å². The van der Waals surface area contributed by atoms with Gasteiger partial charge in [0.1, 0.15) is 0 Å². The molecule has 0 radical (unpaired) electrons. The number of hydrogen-bond donors (Lipinski definition) is 1. The Hall–Kier alpha value is -0.900. The van der Waals surface area contributed by atoms with Crippen molar-refractivity contribution in [2.45, 2.75) is 0 Å². The van der Waals surface area contributed by atoms with E-state index in [1.54, 1.807) is 12.1 Å². The molecule has 11 heavy (non-hydrogen) atoms. The number of phenolic OH excluding ortho intramolecular Hbond substituents is 1. The molecule has 0 saturated heterocycles. The predicted octanol–water partition coefficient (Wildman–Crippen LogP) is 1.88. The molecule has 58 valence electrons. The third-order valence-corrected chi connectivity index (χ3v) is 2.07. The predicted molar refractivity (Wildman–Crippen MR) is 41.9 cm³/mol. The highest BCUT2D eigenvalue weighted by atomic mass is 79.9. The van der Waals surface area contributed by atoms with Crippen LogP contribution >= 0.6 is 15.9 Å². The van der Waals surface area contributed by atoms with Crippen LogP contribution in [0.5, 0.6) is 17.2 Å². The molecule has 1 aromatic carbocycles. The van der Waals surface area contributed by atoms with E-state index in [1.807, 2.05) is 0 Å². The number of benzene rings is 1. The van der Waals surface area contributed by atoms with Crippen molar-refractivity contribution >= 4 is 15.9 Å². The molecular formula is C7H5BrO3. The molecule has 1 N–H and O–H groups in total. The standard InChI is InChI=1S/C7H5BrO3/c8-4-1-2-5(9)7-6(4)10-3-11-7/h1-2,9H,3H2. The second kappa shape index (κ2) is 2.30. The van der Waals surface area contributed by atoms with Gasteiger partial charge in [-0.05, 0) is 28.1 Å². The zero-order valence-electron chi connectivity index (χ0n) is 5.50. The van der Waals surface area contributed by atoms with Crippen LogP contribution in [0.4, 0.5) is 0 Å². The van der Waals surface area contributed by atoms with Crippen molar-refractivity contribution in [1.82, 2.24) is 0 Å². The summed E-state index contributed by atoms with van der Waals surface area (Å²) >= 11 is 3.27. The smallest absolute Gasteiger partial charge is 0.231 e. The Morgan fingerprint density at radius 3 is 2.73 bits per heavy atom. The van der Waals surface area contributed by atoms with E-state index in [9.17, 15) is 5.11 Å². The molecule has 0 saturated carbocycles. The third kappa shape index (κ3) is 0.939. The second-order valence-electron chi connectivity index (χ2n) is 2.13. The molecule has 0 atom stereocenters. The molecule has 0 aliphatic carbocycles. The Morgan fingerprint density at radius 2 is 2.00 bits per heavy atom. The average molecular weight is 217 g/mol. The highest BCUT2D eigenvalue weighted by molar-refractivity contribution is 9.10. The van der Waals surface area contributed by atoms with Crippen LogP contribution in [0.3, 0.4) is 0 Å². The van der Waals surface area contributed by atoms with Crippen molar-refractivity contribution in [2.75, 3.05) is 6.79 Å². The molecule has 0 fully saturated rings. The van der Waals surface area contributed by atoms with Crippen molar-refractivity contribution < 1.29 is 14.6 Å². The van der Waals surface area contributed by atoms with Gasteiger partial charge in [-0.3, -0.25) is 0 Å². The lowest BCUT2D eigenvalue weighted by Gasteiger charge is -1.99. The van der Waals surface area contributed by atoms with Crippen LogP contribution in [-0.2, 0) is 0 Å². The van der Waals surface area contributed by atoms with E-state index < -0.39 is 0 Å². The number of rotatable bonds is 0. The van der Waals surface area contributed by atoms with Crippen molar-refractivity contribution in [2.24, 2.45) is 0 Å². The van der Waals surface area contributed by atoms with E-state index in [2.05, 4.69) is 15.9 Å². The second-order valence-corrected chi connectivity index (χ2v) is 2.99. The van der Waals surface area contributed by atoms with Crippen LogP contribution in [0.1, 0.15) is 0 Å². The van der Waals surface area contributed by atoms with Crippen LogP contribution < -0.4 is 9.47 Å². The lowest BCUT2D eigenvalue weighted by Crippen LogP contribution is -1.93. The molecule has 1 aromatic rings. The molecule has 1 heterocycles. The maximum Gasteiger partial charge on any atom is 0.231 e. The van der Waals surface area contributed by atoms with E-state index in [-0.39, 0.29) is 12.5 Å². The molecule has 0 unspecified atom stereocenters.